The van der Waals surface area contributed by atoms with Gasteiger partial charge in [0, 0.05) is 24.7 Å². The molecule has 7 nitrogen and oxygen atoms in total. The first-order valence-corrected chi connectivity index (χ1v) is 10.4. The highest BCUT2D eigenvalue weighted by Gasteiger charge is 2.38. The summed E-state index contributed by atoms with van der Waals surface area (Å²) in [6.07, 6.45) is -4.13. The molecule has 0 aliphatic heterocycles. The first-order valence-electron chi connectivity index (χ1n) is 10.4. The molecule has 0 amide bonds. The van der Waals surface area contributed by atoms with Gasteiger partial charge in [0.05, 0.1) is 11.6 Å². The minimum atomic E-state index is -5.08. The first-order chi connectivity index (χ1) is 16.1. The summed E-state index contributed by atoms with van der Waals surface area (Å²) in [4.78, 5) is 24.6. The van der Waals surface area contributed by atoms with Crippen molar-refractivity contribution in [2.45, 2.75) is 50.7 Å². The monoisotopic (exact) mass is 512 g/mol. The fourth-order valence-electron chi connectivity index (χ4n) is 3.43. The minimum Gasteiger partial charge on any atom is -0.475 e. The van der Waals surface area contributed by atoms with Crippen molar-refractivity contribution in [2.24, 2.45) is 5.92 Å². The predicted molar refractivity (Wildman–Crippen MR) is 113 cm³/mol. The number of nitrogens with zero attached hydrogens (tertiary/aromatic N) is 2. The van der Waals surface area contributed by atoms with Gasteiger partial charge < -0.3 is 20.2 Å². The van der Waals surface area contributed by atoms with E-state index in [1.165, 1.54) is 10.9 Å². The number of aliphatic hydroxyl groups is 1. The van der Waals surface area contributed by atoms with Gasteiger partial charge in [0.2, 0.25) is 0 Å². The summed E-state index contributed by atoms with van der Waals surface area (Å²) in [5.74, 6) is -4.79. The Morgan fingerprint density at radius 2 is 1.46 bits per heavy atom. The van der Waals surface area contributed by atoms with Gasteiger partial charge in [0.25, 0.3) is 0 Å². The second-order valence-electron chi connectivity index (χ2n) is 7.96. The topological polar surface area (TPSA) is 111 Å². The fourth-order valence-corrected chi connectivity index (χ4v) is 3.43. The van der Waals surface area contributed by atoms with Crippen molar-refractivity contribution in [2.75, 3.05) is 13.6 Å². The number of aliphatic hydroxyl groups excluding tert-OH is 1. The average molecular weight is 512 g/mol. The molecule has 0 saturated heterocycles. The standard InChI is InChI=1S/C18H24N2O.2C2HF3O2/c1-20(12-14-7-9-16(21)10-8-14)13-15-4-2-6-18-17(15)5-3-11-19-18;2*3-2(4,5)1(6)7/h2-6,11,14,16,21H,7-10,12-13H2,1H3;2*(H,6,7). The molecular weight excluding hydrogens is 486 g/mol. The number of carboxylic acids is 2. The molecule has 3 rings (SSSR count). The normalized spacial score (nSPS) is 18.2. The van der Waals surface area contributed by atoms with E-state index >= 15 is 0 Å². The summed E-state index contributed by atoms with van der Waals surface area (Å²) in [7, 11) is 2.19. The maximum absolute atomic E-state index is 10.6. The van der Waals surface area contributed by atoms with Crippen molar-refractivity contribution in [1.29, 1.82) is 0 Å². The van der Waals surface area contributed by atoms with Crippen molar-refractivity contribution in [3.05, 3.63) is 42.1 Å². The SMILES string of the molecule is CN(Cc1cccc2ncccc12)CC1CCC(O)CC1.O=C(O)C(F)(F)F.O=C(O)C(F)(F)F. The number of fused-ring (bicyclic) bond motifs is 1. The quantitative estimate of drug-likeness (QED) is 0.518. The molecule has 1 aromatic heterocycles. The molecule has 1 aliphatic rings. The zero-order valence-electron chi connectivity index (χ0n) is 18.7. The van der Waals surface area contributed by atoms with Crippen LogP contribution in [0, 0.1) is 5.92 Å². The smallest absolute Gasteiger partial charge is 0.475 e. The average Bonchev–Trinajstić information content (AvgIpc) is 2.75. The van der Waals surface area contributed by atoms with Crippen LogP contribution < -0.4 is 0 Å². The molecule has 0 spiro atoms. The maximum atomic E-state index is 10.6. The number of benzene rings is 1. The summed E-state index contributed by atoms with van der Waals surface area (Å²) in [6.45, 7) is 2.07. The molecule has 35 heavy (non-hydrogen) atoms. The van der Waals surface area contributed by atoms with Crippen LogP contribution in [0.1, 0.15) is 31.2 Å². The van der Waals surface area contributed by atoms with Crippen molar-refractivity contribution in [1.82, 2.24) is 9.88 Å². The number of hydrogen-bond acceptors (Lipinski definition) is 5. The van der Waals surface area contributed by atoms with Crippen LogP contribution in [0.5, 0.6) is 0 Å². The molecular formula is C22H26F6N2O5. The van der Waals surface area contributed by atoms with Crippen LogP contribution in [0.15, 0.2) is 36.5 Å². The van der Waals surface area contributed by atoms with Gasteiger partial charge in [-0.05, 0) is 56.3 Å². The van der Waals surface area contributed by atoms with Gasteiger partial charge in [-0.15, -0.1) is 0 Å². The molecule has 2 aromatic rings. The fraction of sp³-hybridized carbons (Fsp3) is 0.500. The van der Waals surface area contributed by atoms with Crippen molar-refractivity contribution < 1.29 is 51.3 Å². The number of carboxylic acid groups (broad SMARTS) is 2. The van der Waals surface area contributed by atoms with Gasteiger partial charge in [-0.2, -0.15) is 26.3 Å². The molecule has 0 atom stereocenters. The van der Waals surface area contributed by atoms with E-state index < -0.39 is 24.3 Å². The third-order valence-electron chi connectivity index (χ3n) is 5.05. The predicted octanol–water partition coefficient (Wildman–Crippen LogP) is 4.48. The Hall–Kier alpha value is -2.93. The molecule has 1 aliphatic carbocycles. The van der Waals surface area contributed by atoms with E-state index in [1.54, 1.807) is 0 Å². The molecule has 0 bridgehead atoms. The second-order valence-corrected chi connectivity index (χ2v) is 7.96. The largest absolute Gasteiger partial charge is 0.490 e. The van der Waals surface area contributed by atoms with Gasteiger partial charge in [-0.25, -0.2) is 9.59 Å². The van der Waals surface area contributed by atoms with E-state index in [1.807, 2.05) is 12.3 Å². The summed E-state index contributed by atoms with van der Waals surface area (Å²) in [5.41, 5.74) is 2.42. The van der Waals surface area contributed by atoms with E-state index in [0.29, 0.717) is 0 Å². The Balaban J connectivity index is 0.000000362. The lowest BCUT2D eigenvalue weighted by Gasteiger charge is -2.29. The molecule has 13 heteroatoms. The van der Waals surface area contributed by atoms with E-state index in [9.17, 15) is 31.4 Å². The number of pyridine rings is 1. The number of alkyl halides is 6. The van der Waals surface area contributed by atoms with Gasteiger partial charge in [0.15, 0.2) is 0 Å². The van der Waals surface area contributed by atoms with Crippen molar-refractivity contribution in [3.8, 4) is 0 Å². The van der Waals surface area contributed by atoms with Crippen molar-refractivity contribution >= 4 is 22.8 Å². The Bertz CT molecular complexity index is 930. The van der Waals surface area contributed by atoms with Crippen LogP contribution in [-0.4, -0.2) is 69.2 Å². The van der Waals surface area contributed by atoms with Crippen LogP contribution in [0.3, 0.4) is 0 Å². The van der Waals surface area contributed by atoms with E-state index in [-0.39, 0.29) is 6.10 Å². The van der Waals surface area contributed by atoms with E-state index in [0.717, 1.165) is 50.2 Å². The lowest BCUT2D eigenvalue weighted by Crippen LogP contribution is -2.29. The Kier molecular flexibility index (Phi) is 11.4. The Morgan fingerprint density at radius 3 is 1.94 bits per heavy atom. The van der Waals surface area contributed by atoms with Gasteiger partial charge in [-0.3, -0.25) is 4.98 Å². The summed E-state index contributed by atoms with van der Waals surface area (Å²) in [5, 5.41) is 25.1. The van der Waals surface area contributed by atoms with Crippen LogP contribution >= 0.6 is 0 Å². The zero-order valence-corrected chi connectivity index (χ0v) is 18.7. The van der Waals surface area contributed by atoms with Gasteiger partial charge in [0.1, 0.15) is 0 Å². The summed E-state index contributed by atoms with van der Waals surface area (Å²) >= 11 is 0. The zero-order chi connectivity index (χ0) is 26.8. The third kappa shape index (κ3) is 11.4. The van der Waals surface area contributed by atoms with Crippen LogP contribution in [-0.2, 0) is 16.1 Å². The number of carbonyl (C=O) groups is 2. The Labute approximate surface area is 197 Å². The molecule has 196 valence electrons. The number of halogens is 6. The van der Waals surface area contributed by atoms with E-state index in [4.69, 9.17) is 19.8 Å². The highest BCUT2D eigenvalue weighted by Crippen LogP contribution is 2.26. The van der Waals surface area contributed by atoms with Crippen LogP contribution in [0.25, 0.3) is 10.9 Å². The van der Waals surface area contributed by atoms with E-state index in [2.05, 4.69) is 41.2 Å². The lowest BCUT2D eigenvalue weighted by atomic mass is 9.87. The van der Waals surface area contributed by atoms with Crippen LogP contribution in [0.4, 0.5) is 26.3 Å². The number of rotatable bonds is 4. The second kappa shape index (κ2) is 13.2. The molecule has 3 N–H and O–H groups in total. The molecule has 1 fully saturated rings. The maximum Gasteiger partial charge on any atom is 0.490 e. The summed E-state index contributed by atoms with van der Waals surface area (Å²) < 4.78 is 63.5. The molecule has 1 saturated carbocycles. The number of aromatic nitrogens is 1. The number of hydrogen-bond donors (Lipinski definition) is 3. The highest BCUT2D eigenvalue weighted by atomic mass is 19.4. The highest BCUT2D eigenvalue weighted by molar-refractivity contribution is 5.81. The van der Waals surface area contributed by atoms with Crippen molar-refractivity contribution in [3.63, 3.8) is 0 Å². The molecule has 1 heterocycles. The molecule has 1 aromatic carbocycles. The third-order valence-corrected chi connectivity index (χ3v) is 5.05. The minimum absolute atomic E-state index is 0.0595. The summed E-state index contributed by atoms with van der Waals surface area (Å²) in [6, 6.07) is 10.5. The molecule has 0 radical (unpaired) electrons. The van der Waals surface area contributed by atoms with Crippen LogP contribution in [0.2, 0.25) is 0 Å². The van der Waals surface area contributed by atoms with Gasteiger partial charge in [-0.1, -0.05) is 18.2 Å². The Morgan fingerprint density at radius 1 is 0.943 bits per heavy atom. The lowest BCUT2D eigenvalue weighted by molar-refractivity contribution is -0.193. The molecule has 0 unspecified atom stereocenters. The number of aliphatic carboxylic acids is 2. The van der Waals surface area contributed by atoms with Gasteiger partial charge >= 0.3 is 24.3 Å². The first kappa shape index (κ1) is 30.1.